The zero-order valence-electron chi connectivity index (χ0n) is 11.7. The molecule has 0 aromatic carbocycles. The Morgan fingerprint density at radius 2 is 2.32 bits per heavy atom. The first-order valence-corrected chi connectivity index (χ1v) is 6.62. The summed E-state index contributed by atoms with van der Waals surface area (Å²) in [5.41, 5.74) is 1.07. The van der Waals surface area contributed by atoms with Crippen LogP contribution in [0.25, 0.3) is 0 Å². The predicted octanol–water partition coefficient (Wildman–Crippen LogP) is 2.27. The lowest BCUT2D eigenvalue weighted by atomic mass is 10.3. The number of nitriles is 1. The molecule has 5 nitrogen and oxygen atoms in total. The average Bonchev–Trinajstić information content (AvgIpc) is 2.45. The fraction of sp³-hybridized carbons (Fsp3) is 0.571. The molecule has 0 aliphatic carbocycles. The number of nitrogens with one attached hydrogen (secondary N) is 1. The first-order valence-electron chi connectivity index (χ1n) is 6.62. The predicted molar refractivity (Wildman–Crippen MR) is 77.3 cm³/mol. The summed E-state index contributed by atoms with van der Waals surface area (Å²) in [5.74, 6) is 0.874. The summed E-state index contributed by atoms with van der Waals surface area (Å²) in [5, 5.41) is 12.0. The molecule has 1 aromatic rings. The quantitative estimate of drug-likeness (QED) is 0.739. The zero-order chi connectivity index (χ0) is 13.9. The Balaban J connectivity index is 2.73. The van der Waals surface area contributed by atoms with Gasteiger partial charge in [0.1, 0.15) is 5.82 Å². The van der Waals surface area contributed by atoms with E-state index in [0.29, 0.717) is 19.6 Å². The molecule has 0 saturated heterocycles. The van der Waals surface area contributed by atoms with Crippen molar-refractivity contribution in [3.8, 4) is 6.07 Å². The second kappa shape index (κ2) is 9.17. The van der Waals surface area contributed by atoms with Gasteiger partial charge in [-0.25, -0.2) is 4.98 Å². The van der Waals surface area contributed by atoms with Crippen molar-refractivity contribution in [3.63, 3.8) is 0 Å². The van der Waals surface area contributed by atoms with E-state index in [4.69, 9.17) is 10.00 Å². The second-order valence-corrected chi connectivity index (χ2v) is 4.21. The minimum absolute atomic E-state index is 0.504. The molecule has 5 heteroatoms. The highest BCUT2D eigenvalue weighted by Gasteiger charge is 2.07. The summed E-state index contributed by atoms with van der Waals surface area (Å²) in [7, 11) is 1.68. The summed E-state index contributed by atoms with van der Waals surface area (Å²) >= 11 is 0. The van der Waals surface area contributed by atoms with Gasteiger partial charge in [0.15, 0.2) is 0 Å². The van der Waals surface area contributed by atoms with Crippen molar-refractivity contribution >= 4 is 11.5 Å². The summed E-state index contributed by atoms with van der Waals surface area (Å²) in [6, 6.07) is 6.16. The normalized spacial score (nSPS) is 9.95. The van der Waals surface area contributed by atoms with E-state index in [0.717, 1.165) is 31.0 Å². The first kappa shape index (κ1) is 15.3. The van der Waals surface area contributed by atoms with Crippen LogP contribution in [0.3, 0.4) is 0 Å². The van der Waals surface area contributed by atoms with E-state index < -0.39 is 0 Å². The number of ether oxygens (including phenoxy) is 1. The third kappa shape index (κ3) is 5.58. The molecule has 19 heavy (non-hydrogen) atoms. The third-order valence-corrected chi connectivity index (χ3v) is 2.72. The lowest BCUT2D eigenvalue weighted by Crippen LogP contribution is -2.28. The Bertz CT molecular complexity index is 403. The van der Waals surface area contributed by atoms with Crippen LogP contribution in [0.2, 0.25) is 0 Å². The minimum atomic E-state index is 0.504. The molecule has 0 fully saturated rings. The van der Waals surface area contributed by atoms with Crippen LogP contribution in [-0.2, 0) is 4.74 Å². The largest absolute Gasteiger partial charge is 0.383 e. The van der Waals surface area contributed by atoms with E-state index in [1.54, 1.807) is 13.3 Å². The Hall–Kier alpha value is -1.80. The van der Waals surface area contributed by atoms with Crippen molar-refractivity contribution in [2.75, 3.05) is 43.6 Å². The standard InChI is InChI=1S/C14H22N4O/c1-3-7-16-14-12-13(5-8-17-14)18(9-4-6-15)10-11-19-2/h5,8,12H,3-4,7,9-11H2,1-2H3,(H,16,17). The van der Waals surface area contributed by atoms with Crippen LogP contribution in [0.5, 0.6) is 0 Å². The van der Waals surface area contributed by atoms with Gasteiger partial charge in [-0.1, -0.05) is 6.92 Å². The molecule has 0 unspecified atom stereocenters. The zero-order valence-corrected chi connectivity index (χ0v) is 11.7. The molecule has 0 radical (unpaired) electrons. The van der Waals surface area contributed by atoms with Crippen LogP contribution in [0.1, 0.15) is 19.8 Å². The van der Waals surface area contributed by atoms with Gasteiger partial charge in [-0.2, -0.15) is 5.26 Å². The van der Waals surface area contributed by atoms with Crippen molar-refractivity contribution < 1.29 is 4.74 Å². The number of hydrogen-bond acceptors (Lipinski definition) is 5. The highest BCUT2D eigenvalue weighted by Crippen LogP contribution is 2.17. The molecule has 1 N–H and O–H groups in total. The molecule has 0 atom stereocenters. The summed E-state index contributed by atoms with van der Waals surface area (Å²) in [4.78, 5) is 6.43. The summed E-state index contributed by atoms with van der Waals surface area (Å²) in [6.45, 7) is 5.15. The molecule has 0 amide bonds. The van der Waals surface area contributed by atoms with Crippen LogP contribution in [0, 0.1) is 11.3 Å². The highest BCUT2D eigenvalue weighted by atomic mass is 16.5. The van der Waals surface area contributed by atoms with Crippen molar-refractivity contribution in [1.82, 2.24) is 4.98 Å². The maximum Gasteiger partial charge on any atom is 0.127 e. The van der Waals surface area contributed by atoms with Gasteiger partial charge in [-0.05, 0) is 12.5 Å². The number of aromatic nitrogens is 1. The molecular weight excluding hydrogens is 240 g/mol. The molecular formula is C14H22N4O. The molecule has 0 bridgehead atoms. The molecule has 0 aliphatic rings. The van der Waals surface area contributed by atoms with Crippen LogP contribution in [-0.4, -0.2) is 38.3 Å². The lowest BCUT2D eigenvalue weighted by Gasteiger charge is -2.23. The third-order valence-electron chi connectivity index (χ3n) is 2.72. The molecule has 1 rings (SSSR count). The maximum absolute atomic E-state index is 8.73. The number of pyridine rings is 1. The summed E-state index contributed by atoms with van der Waals surface area (Å²) < 4.78 is 5.11. The average molecular weight is 262 g/mol. The van der Waals surface area contributed by atoms with Crippen molar-refractivity contribution in [3.05, 3.63) is 18.3 Å². The van der Waals surface area contributed by atoms with Gasteiger partial charge in [-0.3, -0.25) is 0 Å². The van der Waals surface area contributed by atoms with E-state index in [-0.39, 0.29) is 0 Å². The van der Waals surface area contributed by atoms with E-state index in [2.05, 4.69) is 28.2 Å². The van der Waals surface area contributed by atoms with E-state index in [1.807, 2.05) is 12.1 Å². The van der Waals surface area contributed by atoms with Gasteiger partial charge in [0.25, 0.3) is 0 Å². The number of methoxy groups -OCH3 is 1. The minimum Gasteiger partial charge on any atom is -0.383 e. The molecule has 0 saturated carbocycles. The van der Waals surface area contributed by atoms with Crippen molar-refractivity contribution in [1.29, 1.82) is 5.26 Å². The number of hydrogen-bond donors (Lipinski definition) is 1. The molecule has 1 aromatic heterocycles. The summed E-state index contributed by atoms with van der Waals surface area (Å²) in [6.07, 6.45) is 3.36. The number of nitrogens with zero attached hydrogens (tertiary/aromatic N) is 3. The smallest absolute Gasteiger partial charge is 0.127 e. The lowest BCUT2D eigenvalue weighted by molar-refractivity contribution is 0.205. The van der Waals surface area contributed by atoms with Crippen molar-refractivity contribution in [2.45, 2.75) is 19.8 Å². The van der Waals surface area contributed by atoms with Gasteiger partial charge in [0.05, 0.1) is 19.1 Å². The monoisotopic (exact) mass is 262 g/mol. The maximum atomic E-state index is 8.73. The van der Waals surface area contributed by atoms with Gasteiger partial charge >= 0.3 is 0 Å². The first-order chi connectivity index (χ1) is 9.31. The van der Waals surface area contributed by atoms with E-state index in [9.17, 15) is 0 Å². The van der Waals surface area contributed by atoms with Gasteiger partial charge in [0, 0.05) is 44.7 Å². The SMILES string of the molecule is CCCNc1cc(N(CCC#N)CCOC)ccn1. The topological polar surface area (TPSA) is 61.2 Å². The fourth-order valence-electron chi connectivity index (χ4n) is 1.72. The molecule has 104 valence electrons. The van der Waals surface area contributed by atoms with Gasteiger partial charge in [-0.15, -0.1) is 0 Å². The molecule has 0 aliphatic heterocycles. The highest BCUT2D eigenvalue weighted by molar-refractivity contribution is 5.53. The van der Waals surface area contributed by atoms with E-state index >= 15 is 0 Å². The fourth-order valence-corrected chi connectivity index (χ4v) is 1.72. The Morgan fingerprint density at radius 3 is 3.00 bits per heavy atom. The Kier molecular flexibility index (Phi) is 7.37. The van der Waals surface area contributed by atoms with Crippen LogP contribution in [0.15, 0.2) is 18.3 Å². The molecule has 0 spiro atoms. The molecule has 1 heterocycles. The number of anilines is 2. The second-order valence-electron chi connectivity index (χ2n) is 4.21. The van der Waals surface area contributed by atoms with Gasteiger partial charge in [0.2, 0.25) is 0 Å². The van der Waals surface area contributed by atoms with Crippen LogP contribution >= 0.6 is 0 Å². The van der Waals surface area contributed by atoms with Crippen molar-refractivity contribution in [2.24, 2.45) is 0 Å². The number of rotatable bonds is 9. The van der Waals surface area contributed by atoms with E-state index in [1.165, 1.54) is 0 Å². The Morgan fingerprint density at radius 1 is 1.47 bits per heavy atom. The van der Waals surface area contributed by atoms with Gasteiger partial charge < -0.3 is 15.0 Å². The van der Waals surface area contributed by atoms with Crippen LogP contribution in [0.4, 0.5) is 11.5 Å². The van der Waals surface area contributed by atoms with Crippen LogP contribution < -0.4 is 10.2 Å². The Labute approximate surface area is 115 Å².